The number of rotatable bonds is 6. The Bertz CT molecular complexity index is 765. The number of para-hydroxylation sites is 1. The Kier molecular flexibility index (Phi) is 6.48. The van der Waals surface area contributed by atoms with Crippen molar-refractivity contribution < 1.29 is 4.79 Å². The first-order chi connectivity index (χ1) is 12.5. The summed E-state index contributed by atoms with van der Waals surface area (Å²) in [5.74, 6) is 1.86. The molecule has 0 unspecified atom stereocenters. The highest BCUT2D eigenvalue weighted by molar-refractivity contribution is 8.00. The van der Waals surface area contributed by atoms with E-state index in [1.54, 1.807) is 0 Å². The molecule has 140 valence electrons. The Balaban J connectivity index is 1.70. The summed E-state index contributed by atoms with van der Waals surface area (Å²) in [6.45, 7) is 2.92. The molecule has 0 saturated heterocycles. The zero-order chi connectivity index (χ0) is 18.5. The van der Waals surface area contributed by atoms with Gasteiger partial charge in [0.15, 0.2) is 0 Å². The van der Waals surface area contributed by atoms with E-state index < -0.39 is 0 Å². The van der Waals surface area contributed by atoms with E-state index in [9.17, 15) is 4.79 Å². The van der Waals surface area contributed by atoms with E-state index in [0.29, 0.717) is 24.3 Å². The van der Waals surface area contributed by atoms with Crippen LogP contribution in [0, 0.1) is 5.92 Å². The molecule has 1 N–H and O–H groups in total. The number of carbonyl (C=O) groups excluding carboxylic acids is 1. The van der Waals surface area contributed by atoms with Crippen LogP contribution in [0.25, 0.3) is 10.9 Å². The van der Waals surface area contributed by atoms with Crippen LogP contribution in [0.4, 0.5) is 0 Å². The van der Waals surface area contributed by atoms with Gasteiger partial charge in [0.2, 0.25) is 5.91 Å². The van der Waals surface area contributed by atoms with E-state index in [1.165, 1.54) is 31.0 Å². The van der Waals surface area contributed by atoms with Gasteiger partial charge < -0.3 is 10.2 Å². The maximum absolute atomic E-state index is 12.4. The van der Waals surface area contributed by atoms with Crippen molar-refractivity contribution in [2.75, 3.05) is 19.8 Å². The number of amides is 1. The average molecular weight is 373 g/mol. The Hall–Kier alpha value is -1.66. The molecule has 1 amide bonds. The second-order valence-corrected chi connectivity index (χ2v) is 8.39. The maximum Gasteiger partial charge on any atom is 0.230 e. The van der Waals surface area contributed by atoms with Crippen LogP contribution in [-0.4, -0.2) is 46.7 Å². The molecule has 1 aliphatic carbocycles. The number of nitrogens with zero attached hydrogens (tertiary/aromatic N) is 3. The van der Waals surface area contributed by atoms with Crippen molar-refractivity contribution in [3.63, 3.8) is 0 Å². The fraction of sp³-hybridized carbons (Fsp3) is 0.550. The zero-order valence-corrected chi connectivity index (χ0v) is 16.7. The van der Waals surface area contributed by atoms with Crippen molar-refractivity contribution in [3.8, 4) is 0 Å². The van der Waals surface area contributed by atoms with Crippen molar-refractivity contribution in [2.45, 2.75) is 50.2 Å². The van der Waals surface area contributed by atoms with Crippen molar-refractivity contribution in [1.29, 1.82) is 0 Å². The average Bonchev–Trinajstić information content (AvgIpc) is 2.61. The molecule has 2 aromatic rings. The predicted octanol–water partition coefficient (Wildman–Crippen LogP) is 3.48. The molecule has 1 aromatic heterocycles. The molecule has 1 heterocycles. The number of nitrogens with one attached hydrogen (secondary N) is 1. The third-order valence-electron chi connectivity index (χ3n) is 4.87. The summed E-state index contributed by atoms with van der Waals surface area (Å²) in [6.07, 6.45) is 4.81. The van der Waals surface area contributed by atoms with E-state index in [1.807, 2.05) is 38.4 Å². The third kappa shape index (κ3) is 4.95. The number of aromatic nitrogens is 2. The van der Waals surface area contributed by atoms with Crippen LogP contribution in [0.2, 0.25) is 0 Å². The summed E-state index contributed by atoms with van der Waals surface area (Å²) in [5, 5.41) is 5.12. The van der Waals surface area contributed by atoms with E-state index in [-0.39, 0.29) is 5.91 Å². The molecule has 2 atom stereocenters. The van der Waals surface area contributed by atoms with Gasteiger partial charge in [0.25, 0.3) is 0 Å². The lowest BCUT2D eigenvalue weighted by Gasteiger charge is -2.29. The minimum absolute atomic E-state index is 0.102. The predicted molar refractivity (Wildman–Crippen MR) is 107 cm³/mol. The number of hydrogen-bond acceptors (Lipinski definition) is 5. The summed E-state index contributed by atoms with van der Waals surface area (Å²) in [7, 11) is 4.01. The van der Waals surface area contributed by atoms with Crippen LogP contribution in [0.5, 0.6) is 0 Å². The van der Waals surface area contributed by atoms with Crippen LogP contribution < -0.4 is 5.32 Å². The van der Waals surface area contributed by atoms with E-state index >= 15 is 0 Å². The second kappa shape index (κ2) is 8.82. The van der Waals surface area contributed by atoms with Gasteiger partial charge in [0.1, 0.15) is 10.9 Å². The summed E-state index contributed by atoms with van der Waals surface area (Å²) in [4.78, 5) is 23.8. The smallest absolute Gasteiger partial charge is 0.230 e. The first kappa shape index (κ1) is 19.1. The Morgan fingerprint density at radius 3 is 2.77 bits per heavy atom. The fourth-order valence-corrected chi connectivity index (χ4v) is 4.32. The first-order valence-electron chi connectivity index (χ1n) is 9.35. The molecular weight excluding hydrogens is 344 g/mol. The first-order valence-corrected chi connectivity index (χ1v) is 10.3. The number of fused-ring (bicyclic) bond motifs is 1. The van der Waals surface area contributed by atoms with Gasteiger partial charge in [-0.25, -0.2) is 9.97 Å². The standard InChI is InChI=1S/C20H28N4OS/c1-14-8-4-6-10-16(14)22-19(25)13-26-20-15-9-5-7-11-17(15)21-18(23-20)12-24(2)3/h5,7,9,11,14,16H,4,6,8,10,12-13H2,1-3H3,(H,22,25)/t14-,16-/m0/s1. The molecule has 0 radical (unpaired) electrons. The third-order valence-corrected chi connectivity index (χ3v) is 5.86. The number of carbonyl (C=O) groups is 1. The van der Waals surface area contributed by atoms with Crippen LogP contribution >= 0.6 is 11.8 Å². The molecule has 0 aliphatic heterocycles. The molecule has 1 aromatic carbocycles. The van der Waals surface area contributed by atoms with Crippen molar-refractivity contribution >= 4 is 28.6 Å². The number of thioether (sulfide) groups is 1. The largest absolute Gasteiger partial charge is 0.352 e. The van der Waals surface area contributed by atoms with Gasteiger partial charge in [-0.15, -0.1) is 0 Å². The Labute approximate surface area is 160 Å². The highest BCUT2D eigenvalue weighted by Crippen LogP contribution is 2.26. The zero-order valence-electron chi connectivity index (χ0n) is 15.9. The Morgan fingerprint density at radius 2 is 2.00 bits per heavy atom. The second-order valence-electron chi connectivity index (χ2n) is 7.42. The molecule has 6 heteroatoms. The van der Waals surface area contributed by atoms with Crippen molar-refractivity contribution in [2.24, 2.45) is 5.92 Å². The van der Waals surface area contributed by atoms with E-state index in [2.05, 4.69) is 22.1 Å². The molecule has 3 rings (SSSR count). The lowest BCUT2D eigenvalue weighted by molar-refractivity contribution is -0.119. The van der Waals surface area contributed by atoms with Crippen molar-refractivity contribution in [1.82, 2.24) is 20.2 Å². The van der Waals surface area contributed by atoms with E-state index in [0.717, 1.165) is 28.2 Å². The lowest BCUT2D eigenvalue weighted by Crippen LogP contribution is -2.41. The van der Waals surface area contributed by atoms with Gasteiger partial charge in [0, 0.05) is 11.4 Å². The normalized spacial score (nSPS) is 20.5. The molecule has 0 bridgehead atoms. The summed E-state index contributed by atoms with van der Waals surface area (Å²) >= 11 is 1.51. The van der Waals surface area contributed by atoms with Crippen LogP contribution in [0.1, 0.15) is 38.4 Å². The van der Waals surface area contributed by atoms with Gasteiger partial charge in [-0.2, -0.15) is 0 Å². The quantitative estimate of drug-likeness (QED) is 0.621. The minimum atomic E-state index is 0.102. The molecule has 1 aliphatic rings. The molecular formula is C20H28N4OS. The van der Waals surface area contributed by atoms with Gasteiger partial charge >= 0.3 is 0 Å². The molecule has 1 saturated carbocycles. The van der Waals surface area contributed by atoms with Gasteiger partial charge in [-0.1, -0.05) is 49.7 Å². The highest BCUT2D eigenvalue weighted by atomic mass is 32.2. The summed E-state index contributed by atoms with van der Waals surface area (Å²) in [5.41, 5.74) is 0.933. The topological polar surface area (TPSA) is 58.1 Å². The molecule has 26 heavy (non-hydrogen) atoms. The lowest BCUT2D eigenvalue weighted by atomic mass is 9.86. The fourth-order valence-electron chi connectivity index (χ4n) is 3.47. The number of benzene rings is 1. The molecule has 1 fully saturated rings. The molecule has 5 nitrogen and oxygen atoms in total. The van der Waals surface area contributed by atoms with Crippen LogP contribution in [0.3, 0.4) is 0 Å². The van der Waals surface area contributed by atoms with Crippen LogP contribution in [0.15, 0.2) is 29.3 Å². The summed E-state index contributed by atoms with van der Waals surface area (Å²) in [6, 6.07) is 8.33. The Morgan fingerprint density at radius 1 is 1.23 bits per heavy atom. The summed E-state index contributed by atoms with van der Waals surface area (Å²) < 4.78 is 0. The van der Waals surface area contributed by atoms with Gasteiger partial charge in [-0.3, -0.25) is 4.79 Å². The minimum Gasteiger partial charge on any atom is -0.352 e. The van der Waals surface area contributed by atoms with Gasteiger partial charge in [-0.05, 0) is 38.9 Å². The molecule has 0 spiro atoms. The monoisotopic (exact) mass is 372 g/mol. The number of hydrogen-bond donors (Lipinski definition) is 1. The maximum atomic E-state index is 12.4. The van der Waals surface area contributed by atoms with Crippen LogP contribution in [-0.2, 0) is 11.3 Å². The van der Waals surface area contributed by atoms with Crippen molar-refractivity contribution in [3.05, 3.63) is 30.1 Å². The SMILES string of the molecule is C[C@H]1CCCC[C@@H]1NC(=O)CSc1nc(CN(C)C)nc2ccccc12. The highest BCUT2D eigenvalue weighted by Gasteiger charge is 2.23. The van der Waals surface area contributed by atoms with Gasteiger partial charge in [0.05, 0.1) is 17.8 Å². The van der Waals surface area contributed by atoms with E-state index in [4.69, 9.17) is 4.98 Å².